The molecule has 2 fully saturated rings. The largest absolute Gasteiger partial charge is 0.302 e. The maximum absolute atomic E-state index is 12.7. The first-order chi connectivity index (χ1) is 12.1. The van der Waals surface area contributed by atoms with Crippen molar-refractivity contribution in [1.29, 1.82) is 0 Å². The fourth-order valence-electron chi connectivity index (χ4n) is 4.21. The lowest BCUT2D eigenvalue weighted by molar-refractivity contribution is -0.136. The highest BCUT2D eigenvalue weighted by Gasteiger charge is 2.41. The predicted octanol–water partition coefficient (Wildman–Crippen LogP) is 4.45. The van der Waals surface area contributed by atoms with Gasteiger partial charge in [0.25, 0.3) is 0 Å². The molecule has 0 aliphatic heterocycles. The van der Waals surface area contributed by atoms with E-state index >= 15 is 0 Å². The molecule has 4 rings (SSSR count). The summed E-state index contributed by atoms with van der Waals surface area (Å²) in [5.41, 5.74) is 2.05. The summed E-state index contributed by atoms with van der Waals surface area (Å²) in [6.45, 7) is 1.97. The fraction of sp³-hybridized carbons (Fsp3) is 0.450. The van der Waals surface area contributed by atoms with Gasteiger partial charge in [0, 0.05) is 17.8 Å². The number of carbonyl (C=O) groups is 2. The number of rotatable bonds is 3. The van der Waals surface area contributed by atoms with Crippen LogP contribution in [0.5, 0.6) is 0 Å². The van der Waals surface area contributed by atoms with Crippen LogP contribution in [0.15, 0.2) is 30.3 Å². The summed E-state index contributed by atoms with van der Waals surface area (Å²) < 4.78 is 0. The number of benzene rings is 1. The van der Waals surface area contributed by atoms with Crippen LogP contribution in [0, 0.1) is 24.7 Å². The van der Waals surface area contributed by atoms with E-state index in [-0.39, 0.29) is 23.7 Å². The summed E-state index contributed by atoms with van der Waals surface area (Å²) in [4.78, 5) is 30.5. The maximum Gasteiger partial charge on any atom is 0.229 e. The third kappa shape index (κ3) is 3.25. The Balaban J connectivity index is 1.48. The van der Waals surface area contributed by atoms with Gasteiger partial charge in [-0.05, 0) is 38.2 Å². The topological polar surface area (TPSA) is 59.1 Å². The van der Waals surface area contributed by atoms with Crippen molar-refractivity contribution in [3.63, 3.8) is 0 Å². The van der Waals surface area contributed by atoms with Crippen molar-refractivity contribution in [3.8, 4) is 10.4 Å². The predicted molar refractivity (Wildman–Crippen MR) is 99.5 cm³/mol. The van der Waals surface area contributed by atoms with Crippen LogP contribution in [0.2, 0.25) is 0 Å². The molecule has 1 amide bonds. The van der Waals surface area contributed by atoms with E-state index in [0.29, 0.717) is 23.8 Å². The third-order valence-corrected chi connectivity index (χ3v) is 6.60. The summed E-state index contributed by atoms with van der Waals surface area (Å²) in [5.74, 6) is 0.559. The molecule has 2 unspecified atom stereocenters. The number of anilines is 1. The Morgan fingerprint density at radius 3 is 2.52 bits per heavy atom. The lowest BCUT2D eigenvalue weighted by Gasteiger charge is -2.36. The molecular weight excluding hydrogens is 332 g/mol. The molecule has 2 aliphatic rings. The quantitative estimate of drug-likeness (QED) is 0.886. The van der Waals surface area contributed by atoms with E-state index in [1.807, 2.05) is 25.1 Å². The number of nitrogens with zero attached hydrogens (tertiary/aromatic N) is 1. The smallest absolute Gasteiger partial charge is 0.229 e. The minimum atomic E-state index is -0.0580. The number of hydrogen-bond donors (Lipinski definition) is 1. The SMILES string of the molecule is Cc1nc(NC(=O)C2CC3CCCC(C2)C3=O)sc1-c1ccccc1. The monoisotopic (exact) mass is 354 g/mol. The third-order valence-electron chi connectivity index (χ3n) is 5.48. The Hall–Kier alpha value is -2.01. The van der Waals surface area contributed by atoms with Crippen molar-refractivity contribution in [1.82, 2.24) is 4.98 Å². The molecule has 1 heterocycles. The van der Waals surface area contributed by atoms with E-state index in [2.05, 4.69) is 22.4 Å². The van der Waals surface area contributed by atoms with Crippen LogP contribution in [0.3, 0.4) is 0 Å². The van der Waals surface area contributed by atoms with Gasteiger partial charge in [0.15, 0.2) is 5.13 Å². The molecule has 130 valence electrons. The van der Waals surface area contributed by atoms with E-state index in [4.69, 9.17) is 0 Å². The van der Waals surface area contributed by atoms with Gasteiger partial charge in [0.05, 0.1) is 10.6 Å². The van der Waals surface area contributed by atoms with Crippen LogP contribution in [-0.2, 0) is 9.59 Å². The zero-order valence-electron chi connectivity index (χ0n) is 14.3. The molecule has 0 spiro atoms. The van der Waals surface area contributed by atoms with Crippen molar-refractivity contribution in [2.24, 2.45) is 17.8 Å². The minimum absolute atomic E-state index is 0.0257. The van der Waals surface area contributed by atoms with E-state index < -0.39 is 0 Å². The molecule has 2 bridgehead atoms. The fourth-order valence-corrected chi connectivity index (χ4v) is 5.18. The zero-order chi connectivity index (χ0) is 17.4. The van der Waals surface area contributed by atoms with Crippen molar-refractivity contribution >= 4 is 28.2 Å². The molecular formula is C20H22N2O2S. The highest BCUT2D eigenvalue weighted by Crippen LogP contribution is 2.41. The van der Waals surface area contributed by atoms with E-state index in [9.17, 15) is 9.59 Å². The van der Waals surface area contributed by atoms with Crippen LogP contribution < -0.4 is 5.32 Å². The standard InChI is InChI=1S/C20H22N2O2S/c1-12-18(13-6-3-2-4-7-13)25-20(21-12)22-19(24)16-10-14-8-5-9-15(11-16)17(14)23/h2-4,6-7,14-16H,5,8-11H2,1H3,(H,21,22,24). The van der Waals surface area contributed by atoms with E-state index in [1.54, 1.807) is 0 Å². The first-order valence-electron chi connectivity index (χ1n) is 8.99. The van der Waals surface area contributed by atoms with Crippen LogP contribution in [-0.4, -0.2) is 16.7 Å². The second-order valence-corrected chi connectivity index (χ2v) is 8.18. The van der Waals surface area contributed by atoms with Crippen molar-refractivity contribution in [3.05, 3.63) is 36.0 Å². The van der Waals surface area contributed by atoms with Crippen molar-refractivity contribution in [2.45, 2.75) is 39.0 Å². The number of Topliss-reactive ketones (excluding diaryl/α,β-unsaturated/α-hetero) is 1. The summed E-state index contributed by atoms with van der Waals surface area (Å²) >= 11 is 1.52. The molecule has 1 aromatic carbocycles. The Morgan fingerprint density at radius 2 is 1.84 bits per heavy atom. The Labute approximate surface area is 151 Å². The molecule has 25 heavy (non-hydrogen) atoms. The first-order valence-corrected chi connectivity index (χ1v) is 9.81. The second kappa shape index (κ2) is 6.71. The summed E-state index contributed by atoms with van der Waals surface area (Å²) in [7, 11) is 0. The average molecular weight is 354 g/mol. The van der Waals surface area contributed by atoms with E-state index in [0.717, 1.165) is 35.4 Å². The van der Waals surface area contributed by atoms with Gasteiger partial charge in [-0.15, -0.1) is 0 Å². The lowest BCUT2D eigenvalue weighted by Crippen LogP contribution is -2.40. The minimum Gasteiger partial charge on any atom is -0.302 e. The number of aromatic nitrogens is 1. The number of hydrogen-bond acceptors (Lipinski definition) is 4. The molecule has 2 aromatic rings. The molecule has 2 aliphatic carbocycles. The zero-order valence-corrected chi connectivity index (χ0v) is 15.1. The first kappa shape index (κ1) is 16.5. The van der Waals surface area contributed by atoms with Crippen LogP contribution in [0.1, 0.15) is 37.8 Å². The van der Waals surface area contributed by atoms with Gasteiger partial charge in [-0.1, -0.05) is 48.1 Å². The number of nitrogens with one attached hydrogen (secondary N) is 1. The van der Waals surface area contributed by atoms with Crippen molar-refractivity contribution in [2.75, 3.05) is 5.32 Å². The lowest BCUT2D eigenvalue weighted by atomic mass is 9.67. The normalized spacial score (nSPS) is 25.6. The van der Waals surface area contributed by atoms with E-state index in [1.165, 1.54) is 11.3 Å². The average Bonchev–Trinajstić information content (AvgIpc) is 2.95. The number of carbonyl (C=O) groups excluding carboxylic acids is 2. The molecule has 4 nitrogen and oxygen atoms in total. The van der Waals surface area contributed by atoms with Crippen LogP contribution in [0.25, 0.3) is 10.4 Å². The van der Waals surface area contributed by atoms with Crippen LogP contribution in [0.4, 0.5) is 5.13 Å². The molecule has 2 atom stereocenters. The second-order valence-electron chi connectivity index (χ2n) is 7.18. The number of amides is 1. The molecule has 1 N–H and O–H groups in total. The van der Waals surface area contributed by atoms with Gasteiger partial charge in [-0.2, -0.15) is 0 Å². The number of aryl methyl sites for hydroxylation is 1. The van der Waals surface area contributed by atoms with Gasteiger partial charge < -0.3 is 5.32 Å². The summed E-state index contributed by atoms with van der Waals surface area (Å²) in [5, 5.41) is 3.66. The molecule has 0 radical (unpaired) electrons. The Bertz CT molecular complexity index is 783. The van der Waals surface area contributed by atoms with Crippen LogP contribution >= 0.6 is 11.3 Å². The molecule has 5 heteroatoms. The van der Waals surface area contributed by atoms with Gasteiger partial charge in [0.1, 0.15) is 5.78 Å². The Kier molecular flexibility index (Phi) is 4.42. The van der Waals surface area contributed by atoms with Crippen molar-refractivity contribution < 1.29 is 9.59 Å². The highest BCUT2D eigenvalue weighted by molar-refractivity contribution is 7.19. The number of thiazole rings is 1. The Morgan fingerprint density at radius 1 is 1.16 bits per heavy atom. The van der Waals surface area contributed by atoms with Gasteiger partial charge in [-0.3, -0.25) is 9.59 Å². The van der Waals surface area contributed by atoms with Gasteiger partial charge >= 0.3 is 0 Å². The number of fused-ring (bicyclic) bond motifs is 2. The summed E-state index contributed by atoms with van der Waals surface area (Å²) in [6.07, 6.45) is 4.44. The molecule has 1 aromatic heterocycles. The summed E-state index contributed by atoms with van der Waals surface area (Å²) in [6, 6.07) is 10.1. The highest BCUT2D eigenvalue weighted by atomic mass is 32.1. The number of ketones is 1. The van der Waals surface area contributed by atoms with Gasteiger partial charge in [0.2, 0.25) is 5.91 Å². The molecule has 2 saturated carbocycles. The van der Waals surface area contributed by atoms with Gasteiger partial charge in [-0.25, -0.2) is 4.98 Å². The molecule has 0 saturated heterocycles. The maximum atomic E-state index is 12.7.